The van der Waals surface area contributed by atoms with E-state index < -0.39 is 18.5 Å². The van der Waals surface area contributed by atoms with Crippen molar-refractivity contribution in [1.82, 2.24) is 0 Å². The lowest BCUT2D eigenvalue weighted by Gasteiger charge is -2.11. The molecule has 0 unspecified atom stereocenters. The molecule has 1 aromatic heterocycles. The summed E-state index contributed by atoms with van der Waals surface area (Å²) in [6, 6.07) is 18.0. The SMILES string of the molecule is COc1cc2c(cc1NC(=O)COC(=O)c1ccccc1Br)oc1ccccc12. The first-order valence-corrected chi connectivity index (χ1v) is 9.57. The molecule has 6 nitrogen and oxygen atoms in total. The third kappa shape index (κ3) is 3.82. The van der Waals surface area contributed by atoms with Crippen LogP contribution in [0.4, 0.5) is 5.69 Å². The number of nitrogens with one attached hydrogen (secondary N) is 1. The molecule has 0 aliphatic carbocycles. The number of carbonyl (C=O) groups is 2. The zero-order valence-electron chi connectivity index (χ0n) is 15.4. The van der Waals surface area contributed by atoms with Gasteiger partial charge in [-0.1, -0.05) is 30.3 Å². The van der Waals surface area contributed by atoms with Crippen LogP contribution in [0.3, 0.4) is 0 Å². The fourth-order valence-corrected chi connectivity index (χ4v) is 3.49. The van der Waals surface area contributed by atoms with Crippen LogP contribution in [0.25, 0.3) is 21.9 Å². The van der Waals surface area contributed by atoms with Gasteiger partial charge in [-0.25, -0.2) is 4.79 Å². The molecule has 1 amide bonds. The fraction of sp³-hybridized carbons (Fsp3) is 0.0909. The van der Waals surface area contributed by atoms with Gasteiger partial charge in [0.1, 0.15) is 16.9 Å². The summed E-state index contributed by atoms with van der Waals surface area (Å²) in [7, 11) is 1.52. The zero-order valence-corrected chi connectivity index (χ0v) is 17.0. The zero-order chi connectivity index (χ0) is 20.4. The van der Waals surface area contributed by atoms with E-state index in [1.165, 1.54) is 7.11 Å². The second-order valence-electron chi connectivity index (χ2n) is 6.25. The van der Waals surface area contributed by atoms with E-state index in [9.17, 15) is 9.59 Å². The Morgan fingerprint density at radius 1 is 1.00 bits per heavy atom. The van der Waals surface area contributed by atoms with Gasteiger partial charge in [-0.05, 0) is 40.2 Å². The Morgan fingerprint density at radius 3 is 2.55 bits per heavy atom. The number of carbonyl (C=O) groups excluding carboxylic acids is 2. The molecule has 0 spiro atoms. The predicted octanol–water partition coefficient (Wildman–Crippen LogP) is 5.15. The minimum atomic E-state index is -0.590. The number of rotatable bonds is 5. The van der Waals surface area contributed by atoms with Crippen molar-refractivity contribution in [2.45, 2.75) is 0 Å². The van der Waals surface area contributed by atoms with Crippen LogP contribution in [-0.4, -0.2) is 25.6 Å². The largest absolute Gasteiger partial charge is 0.495 e. The number of hydrogen-bond donors (Lipinski definition) is 1. The summed E-state index contributed by atoms with van der Waals surface area (Å²) in [5.74, 6) is -0.596. The van der Waals surface area contributed by atoms with E-state index in [2.05, 4.69) is 21.2 Å². The Labute approximate surface area is 174 Å². The summed E-state index contributed by atoms with van der Waals surface area (Å²) in [6.07, 6.45) is 0. The van der Waals surface area contributed by atoms with Gasteiger partial charge in [0.25, 0.3) is 5.91 Å². The van der Waals surface area contributed by atoms with Crippen LogP contribution in [0, 0.1) is 0 Å². The molecule has 0 saturated carbocycles. The minimum absolute atomic E-state index is 0.349. The van der Waals surface area contributed by atoms with Crippen molar-refractivity contribution in [3.05, 3.63) is 70.7 Å². The molecule has 0 bridgehead atoms. The van der Waals surface area contributed by atoms with Crippen molar-refractivity contribution in [1.29, 1.82) is 0 Å². The van der Waals surface area contributed by atoms with E-state index in [0.29, 0.717) is 27.1 Å². The van der Waals surface area contributed by atoms with Gasteiger partial charge in [-0.3, -0.25) is 4.79 Å². The van der Waals surface area contributed by atoms with Crippen LogP contribution in [0.1, 0.15) is 10.4 Å². The average molecular weight is 454 g/mol. The van der Waals surface area contributed by atoms with Crippen molar-refractivity contribution in [3.63, 3.8) is 0 Å². The number of anilines is 1. The summed E-state index contributed by atoms with van der Waals surface area (Å²) in [5, 5.41) is 4.55. The van der Waals surface area contributed by atoms with Crippen LogP contribution in [0.5, 0.6) is 5.75 Å². The number of ether oxygens (including phenoxy) is 2. The number of furan rings is 1. The lowest BCUT2D eigenvalue weighted by molar-refractivity contribution is -0.119. The second-order valence-corrected chi connectivity index (χ2v) is 7.11. The molecule has 0 fully saturated rings. The molecule has 1 heterocycles. The third-order valence-electron chi connectivity index (χ3n) is 4.40. The van der Waals surface area contributed by atoms with Gasteiger partial charge in [0.2, 0.25) is 0 Å². The highest BCUT2D eigenvalue weighted by molar-refractivity contribution is 9.10. The molecular weight excluding hydrogens is 438 g/mol. The first-order chi connectivity index (χ1) is 14.1. The Kier molecular flexibility index (Phi) is 5.22. The summed E-state index contributed by atoms with van der Waals surface area (Å²) in [5.41, 5.74) is 2.14. The molecule has 1 N–H and O–H groups in total. The molecule has 7 heteroatoms. The lowest BCUT2D eigenvalue weighted by atomic mass is 10.1. The van der Waals surface area contributed by atoms with Gasteiger partial charge < -0.3 is 19.2 Å². The average Bonchev–Trinajstić information content (AvgIpc) is 3.09. The van der Waals surface area contributed by atoms with E-state index in [1.807, 2.05) is 30.3 Å². The smallest absolute Gasteiger partial charge is 0.339 e. The number of esters is 1. The number of fused-ring (bicyclic) bond motifs is 3. The minimum Gasteiger partial charge on any atom is -0.495 e. The van der Waals surface area contributed by atoms with Crippen LogP contribution in [0.2, 0.25) is 0 Å². The topological polar surface area (TPSA) is 77.8 Å². The Balaban J connectivity index is 1.52. The third-order valence-corrected chi connectivity index (χ3v) is 5.09. The Morgan fingerprint density at radius 2 is 1.76 bits per heavy atom. The molecule has 0 aliphatic heterocycles. The van der Waals surface area contributed by atoms with E-state index >= 15 is 0 Å². The van der Waals surface area contributed by atoms with Gasteiger partial charge in [-0.2, -0.15) is 0 Å². The molecule has 0 saturated heterocycles. The molecule has 3 aromatic carbocycles. The highest BCUT2D eigenvalue weighted by Gasteiger charge is 2.16. The molecule has 4 aromatic rings. The van der Waals surface area contributed by atoms with Crippen molar-refractivity contribution in [2.24, 2.45) is 0 Å². The van der Waals surface area contributed by atoms with Crippen molar-refractivity contribution < 1.29 is 23.5 Å². The number of para-hydroxylation sites is 1. The summed E-state index contributed by atoms with van der Waals surface area (Å²) in [6.45, 7) is -0.429. The van der Waals surface area contributed by atoms with E-state index in [0.717, 1.165) is 16.4 Å². The van der Waals surface area contributed by atoms with Crippen LogP contribution in [0.15, 0.2) is 69.6 Å². The maximum atomic E-state index is 12.3. The Bertz CT molecular complexity index is 1230. The highest BCUT2D eigenvalue weighted by atomic mass is 79.9. The van der Waals surface area contributed by atoms with Gasteiger partial charge in [0.05, 0.1) is 18.4 Å². The first kappa shape index (κ1) is 19.0. The number of benzene rings is 3. The number of halogens is 1. The van der Waals surface area contributed by atoms with Crippen LogP contribution in [-0.2, 0) is 9.53 Å². The first-order valence-electron chi connectivity index (χ1n) is 8.77. The molecule has 0 radical (unpaired) electrons. The maximum absolute atomic E-state index is 12.3. The molecule has 4 rings (SSSR count). The lowest BCUT2D eigenvalue weighted by Crippen LogP contribution is -2.21. The van der Waals surface area contributed by atoms with E-state index in [-0.39, 0.29) is 0 Å². The van der Waals surface area contributed by atoms with E-state index in [1.54, 1.807) is 30.3 Å². The molecular formula is C22H16BrNO5. The Hall–Kier alpha value is -3.32. The summed E-state index contributed by atoms with van der Waals surface area (Å²) in [4.78, 5) is 24.5. The van der Waals surface area contributed by atoms with Gasteiger partial charge >= 0.3 is 5.97 Å². The van der Waals surface area contributed by atoms with E-state index in [4.69, 9.17) is 13.9 Å². The van der Waals surface area contributed by atoms with Crippen molar-refractivity contribution >= 4 is 55.4 Å². The molecule has 146 valence electrons. The molecule has 0 aliphatic rings. The quantitative estimate of drug-likeness (QED) is 0.422. The van der Waals surface area contributed by atoms with Crippen molar-refractivity contribution in [3.8, 4) is 5.75 Å². The van der Waals surface area contributed by atoms with Gasteiger partial charge in [-0.15, -0.1) is 0 Å². The second kappa shape index (κ2) is 7.97. The molecule has 0 atom stereocenters. The maximum Gasteiger partial charge on any atom is 0.339 e. The highest BCUT2D eigenvalue weighted by Crippen LogP contribution is 2.36. The van der Waals surface area contributed by atoms with Crippen LogP contribution < -0.4 is 10.1 Å². The summed E-state index contributed by atoms with van der Waals surface area (Å²) < 4.78 is 17.0. The normalized spacial score (nSPS) is 10.8. The number of hydrogen-bond acceptors (Lipinski definition) is 5. The predicted molar refractivity (Wildman–Crippen MR) is 113 cm³/mol. The summed E-state index contributed by atoms with van der Waals surface area (Å²) >= 11 is 3.29. The standard InChI is InChI=1S/C22H16BrNO5/c1-27-20-10-15-13-6-3-5-9-18(13)29-19(15)11-17(20)24-21(25)12-28-22(26)14-7-2-4-8-16(14)23/h2-11H,12H2,1H3,(H,24,25). The molecule has 29 heavy (non-hydrogen) atoms. The van der Waals surface area contributed by atoms with Crippen molar-refractivity contribution in [2.75, 3.05) is 19.0 Å². The number of methoxy groups -OCH3 is 1. The number of amides is 1. The van der Waals surface area contributed by atoms with Gasteiger partial charge in [0, 0.05) is 21.3 Å². The fourth-order valence-electron chi connectivity index (χ4n) is 3.04. The van der Waals surface area contributed by atoms with Crippen LogP contribution >= 0.6 is 15.9 Å². The van der Waals surface area contributed by atoms with Gasteiger partial charge in [0.15, 0.2) is 6.61 Å². The monoisotopic (exact) mass is 453 g/mol.